The Morgan fingerprint density at radius 1 is 1.00 bits per heavy atom. The number of allylic oxidation sites excluding steroid dienone is 4. The SMILES string of the molecule is CC(=CC=C(C)C(O)C1CCCC1)C=C1CCN(C2CCC2)CC1. The molecule has 3 rings (SSSR count). The summed E-state index contributed by atoms with van der Waals surface area (Å²) < 4.78 is 0. The zero-order chi connectivity index (χ0) is 16.9. The first-order valence-corrected chi connectivity index (χ1v) is 10.1. The van der Waals surface area contributed by atoms with Gasteiger partial charge in [-0.05, 0) is 63.9 Å². The van der Waals surface area contributed by atoms with E-state index in [0.717, 1.165) is 11.6 Å². The molecule has 3 fully saturated rings. The smallest absolute Gasteiger partial charge is 0.0778 e. The summed E-state index contributed by atoms with van der Waals surface area (Å²) in [6, 6.07) is 0.894. The van der Waals surface area contributed by atoms with E-state index in [1.807, 2.05) is 0 Å². The summed E-state index contributed by atoms with van der Waals surface area (Å²) in [7, 11) is 0. The van der Waals surface area contributed by atoms with Gasteiger partial charge in [-0.1, -0.05) is 48.6 Å². The molecule has 0 aromatic rings. The van der Waals surface area contributed by atoms with Gasteiger partial charge in [0.2, 0.25) is 0 Å². The Morgan fingerprint density at radius 3 is 2.25 bits per heavy atom. The van der Waals surface area contributed by atoms with Crippen molar-refractivity contribution in [3.05, 3.63) is 34.9 Å². The van der Waals surface area contributed by atoms with E-state index in [4.69, 9.17) is 0 Å². The molecule has 1 atom stereocenters. The lowest BCUT2D eigenvalue weighted by molar-refractivity contribution is 0.118. The lowest BCUT2D eigenvalue weighted by Gasteiger charge is -2.40. The van der Waals surface area contributed by atoms with E-state index in [1.165, 1.54) is 76.5 Å². The molecule has 0 aromatic heterocycles. The highest BCUT2D eigenvalue weighted by Gasteiger charge is 2.26. The topological polar surface area (TPSA) is 23.5 Å². The molecule has 24 heavy (non-hydrogen) atoms. The number of likely N-dealkylation sites (tertiary alicyclic amines) is 1. The van der Waals surface area contributed by atoms with Gasteiger partial charge in [-0.15, -0.1) is 0 Å². The predicted molar refractivity (Wildman–Crippen MR) is 102 cm³/mol. The zero-order valence-corrected chi connectivity index (χ0v) is 15.6. The largest absolute Gasteiger partial charge is 0.388 e. The van der Waals surface area contributed by atoms with Crippen molar-refractivity contribution in [3.63, 3.8) is 0 Å². The normalized spacial score (nSPS) is 26.5. The molecule has 0 amide bonds. The van der Waals surface area contributed by atoms with Gasteiger partial charge in [-0.2, -0.15) is 0 Å². The highest BCUT2D eigenvalue weighted by molar-refractivity contribution is 5.28. The molecule has 2 heteroatoms. The van der Waals surface area contributed by atoms with Gasteiger partial charge < -0.3 is 5.11 Å². The number of rotatable bonds is 5. The number of hydrogen-bond acceptors (Lipinski definition) is 2. The molecule has 0 aromatic carbocycles. The van der Waals surface area contributed by atoms with Crippen molar-refractivity contribution in [2.75, 3.05) is 13.1 Å². The average molecular weight is 330 g/mol. The lowest BCUT2D eigenvalue weighted by Crippen LogP contribution is -2.43. The molecular weight excluding hydrogens is 294 g/mol. The molecule has 1 N–H and O–H groups in total. The van der Waals surface area contributed by atoms with E-state index in [1.54, 1.807) is 5.57 Å². The van der Waals surface area contributed by atoms with Crippen LogP contribution in [0.5, 0.6) is 0 Å². The van der Waals surface area contributed by atoms with E-state index in [0.29, 0.717) is 5.92 Å². The van der Waals surface area contributed by atoms with Crippen LogP contribution >= 0.6 is 0 Å². The minimum atomic E-state index is -0.241. The fraction of sp³-hybridized carbons (Fsp3) is 0.727. The number of aliphatic hydroxyl groups excluding tert-OH is 1. The van der Waals surface area contributed by atoms with Crippen LogP contribution in [0, 0.1) is 5.92 Å². The van der Waals surface area contributed by atoms with Crippen molar-refractivity contribution < 1.29 is 5.11 Å². The summed E-state index contributed by atoms with van der Waals surface area (Å²) in [5, 5.41) is 10.4. The highest BCUT2D eigenvalue weighted by atomic mass is 16.3. The molecule has 0 radical (unpaired) electrons. The van der Waals surface area contributed by atoms with Crippen LogP contribution in [0.4, 0.5) is 0 Å². The molecule has 2 aliphatic carbocycles. The van der Waals surface area contributed by atoms with Crippen molar-refractivity contribution in [1.29, 1.82) is 0 Å². The fourth-order valence-corrected chi connectivity index (χ4v) is 4.45. The lowest BCUT2D eigenvalue weighted by atomic mass is 9.89. The minimum absolute atomic E-state index is 0.241. The summed E-state index contributed by atoms with van der Waals surface area (Å²) in [5.74, 6) is 0.490. The molecule has 2 saturated carbocycles. The summed E-state index contributed by atoms with van der Waals surface area (Å²) in [4.78, 5) is 2.70. The van der Waals surface area contributed by atoms with E-state index >= 15 is 0 Å². The maximum Gasteiger partial charge on any atom is 0.0778 e. The van der Waals surface area contributed by atoms with Crippen LogP contribution in [0.25, 0.3) is 0 Å². The third kappa shape index (κ3) is 4.61. The Bertz CT molecular complexity index is 496. The molecule has 1 heterocycles. The van der Waals surface area contributed by atoms with Crippen molar-refractivity contribution in [1.82, 2.24) is 4.90 Å². The first kappa shape index (κ1) is 17.9. The van der Waals surface area contributed by atoms with E-state index in [-0.39, 0.29) is 6.10 Å². The summed E-state index contributed by atoms with van der Waals surface area (Å²) in [6.45, 7) is 6.77. The second-order valence-corrected chi connectivity index (χ2v) is 8.23. The number of nitrogens with zero attached hydrogens (tertiary/aromatic N) is 1. The minimum Gasteiger partial charge on any atom is -0.388 e. The van der Waals surface area contributed by atoms with Gasteiger partial charge in [0.05, 0.1) is 6.10 Å². The number of aliphatic hydroxyl groups is 1. The molecule has 1 unspecified atom stereocenters. The van der Waals surface area contributed by atoms with E-state index in [9.17, 15) is 5.11 Å². The van der Waals surface area contributed by atoms with Crippen LogP contribution in [0.15, 0.2) is 34.9 Å². The predicted octanol–water partition coefficient (Wildman–Crippen LogP) is 5.00. The Balaban J connectivity index is 1.50. The maximum absolute atomic E-state index is 10.4. The molecule has 0 bridgehead atoms. The van der Waals surface area contributed by atoms with Crippen molar-refractivity contribution >= 4 is 0 Å². The maximum atomic E-state index is 10.4. The van der Waals surface area contributed by atoms with Gasteiger partial charge in [-0.3, -0.25) is 4.90 Å². The molecule has 1 saturated heterocycles. The Labute approximate surface area is 148 Å². The Hall–Kier alpha value is -0.860. The zero-order valence-electron chi connectivity index (χ0n) is 15.6. The quantitative estimate of drug-likeness (QED) is 0.717. The third-order valence-corrected chi connectivity index (χ3v) is 6.39. The molecule has 1 aliphatic heterocycles. The van der Waals surface area contributed by atoms with Crippen molar-refractivity contribution in [3.8, 4) is 0 Å². The van der Waals surface area contributed by atoms with Crippen molar-refractivity contribution in [2.45, 2.75) is 83.8 Å². The highest BCUT2D eigenvalue weighted by Crippen LogP contribution is 2.31. The second-order valence-electron chi connectivity index (χ2n) is 8.23. The van der Waals surface area contributed by atoms with E-state index < -0.39 is 0 Å². The van der Waals surface area contributed by atoms with Gasteiger partial charge >= 0.3 is 0 Å². The van der Waals surface area contributed by atoms with Crippen LogP contribution < -0.4 is 0 Å². The molecule has 134 valence electrons. The number of piperidine rings is 1. The van der Waals surface area contributed by atoms with Gasteiger partial charge in [0.1, 0.15) is 0 Å². The third-order valence-electron chi connectivity index (χ3n) is 6.39. The van der Waals surface area contributed by atoms with Gasteiger partial charge in [0.25, 0.3) is 0 Å². The Kier molecular flexibility index (Phi) is 6.35. The van der Waals surface area contributed by atoms with Crippen LogP contribution in [0.3, 0.4) is 0 Å². The van der Waals surface area contributed by atoms with Crippen molar-refractivity contribution in [2.24, 2.45) is 5.92 Å². The van der Waals surface area contributed by atoms with Crippen LogP contribution in [0.2, 0.25) is 0 Å². The number of hydrogen-bond donors (Lipinski definition) is 1. The van der Waals surface area contributed by atoms with Gasteiger partial charge in [0.15, 0.2) is 0 Å². The molecule has 3 aliphatic rings. The van der Waals surface area contributed by atoms with Crippen LogP contribution in [-0.4, -0.2) is 35.2 Å². The van der Waals surface area contributed by atoms with Crippen LogP contribution in [-0.2, 0) is 0 Å². The monoisotopic (exact) mass is 329 g/mol. The standard InChI is InChI=1S/C22H35NO/c1-17(10-11-18(2)22(24)20-6-3-4-7-20)16-19-12-14-23(15-13-19)21-8-5-9-21/h10-11,16,20-22,24H,3-9,12-15H2,1-2H3. The first-order chi connectivity index (χ1) is 11.6. The summed E-state index contributed by atoms with van der Waals surface area (Å²) >= 11 is 0. The molecule has 2 nitrogen and oxygen atoms in total. The Morgan fingerprint density at radius 2 is 1.67 bits per heavy atom. The molecular formula is C22H35NO. The van der Waals surface area contributed by atoms with Gasteiger partial charge in [-0.25, -0.2) is 0 Å². The second kappa shape index (κ2) is 8.49. The molecule has 0 spiro atoms. The van der Waals surface area contributed by atoms with Gasteiger partial charge in [0, 0.05) is 19.1 Å². The summed E-state index contributed by atoms with van der Waals surface area (Å²) in [6.07, 6.45) is 18.2. The van der Waals surface area contributed by atoms with E-state index in [2.05, 4.69) is 37.0 Å². The average Bonchev–Trinajstić information content (AvgIpc) is 3.06. The van der Waals surface area contributed by atoms with Crippen LogP contribution in [0.1, 0.15) is 71.6 Å². The first-order valence-electron chi connectivity index (χ1n) is 10.1. The fourth-order valence-electron chi connectivity index (χ4n) is 4.45. The summed E-state index contributed by atoms with van der Waals surface area (Å²) in [5.41, 5.74) is 4.04.